The van der Waals surface area contributed by atoms with Gasteiger partial charge in [0.05, 0.1) is 24.4 Å². The number of pyridine rings is 1. The maximum Gasteiger partial charge on any atom is 0.433 e. The van der Waals surface area contributed by atoms with E-state index in [1.54, 1.807) is 6.20 Å². The highest BCUT2D eigenvalue weighted by Crippen LogP contribution is 2.39. The Morgan fingerprint density at radius 2 is 1.95 bits per heavy atom. The fraction of sp³-hybridized carbons (Fsp3) is 0.467. The van der Waals surface area contributed by atoms with Crippen LogP contribution in [0, 0.1) is 11.3 Å². The van der Waals surface area contributed by atoms with E-state index in [1.807, 2.05) is 23.1 Å². The van der Waals surface area contributed by atoms with Crippen LogP contribution in [0.2, 0.25) is 0 Å². The summed E-state index contributed by atoms with van der Waals surface area (Å²) < 4.78 is 48.4. The van der Waals surface area contributed by atoms with Crippen molar-refractivity contribution in [1.82, 2.24) is 39.9 Å². The third-order valence-corrected chi connectivity index (χ3v) is 8.81. The number of amides is 1. The quantitative estimate of drug-likeness (QED) is 0.301. The van der Waals surface area contributed by atoms with Gasteiger partial charge >= 0.3 is 6.18 Å². The molecule has 14 heteroatoms. The van der Waals surface area contributed by atoms with Crippen LogP contribution in [0.25, 0.3) is 22.3 Å². The summed E-state index contributed by atoms with van der Waals surface area (Å²) in [5.41, 5.74) is 0.669. The Morgan fingerprint density at radius 1 is 1.16 bits per heavy atom. The van der Waals surface area contributed by atoms with Gasteiger partial charge in [0.2, 0.25) is 5.88 Å². The molecule has 44 heavy (non-hydrogen) atoms. The second-order valence-corrected chi connectivity index (χ2v) is 12.0. The molecular formula is C30H30F3N9O2. The third kappa shape index (κ3) is 5.47. The second kappa shape index (κ2) is 10.9. The van der Waals surface area contributed by atoms with E-state index in [1.165, 1.54) is 12.4 Å². The highest BCUT2D eigenvalue weighted by molar-refractivity contribution is 5.95. The predicted molar refractivity (Wildman–Crippen MR) is 151 cm³/mol. The molecular weight excluding hydrogens is 575 g/mol. The SMILES string of the molecule is N#CCC1(n2cc(-c3ncnc4[nH]ccc34)cn2)CN(C2CCC(Oc3cc(C(=O)NC4CC4)cc(C(F)(F)F)n3)CC2)C1. The van der Waals surface area contributed by atoms with E-state index in [0.717, 1.165) is 54.0 Å². The fourth-order valence-corrected chi connectivity index (χ4v) is 6.30. The van der Waals surface area contributed by atoms with Crippen LogP contribution in [-0.4, -0.2) is 71.8 Å². The van der Waals surface area contributed by atoms with Gasteiger partial charge in [0.1, 0.15) is 29.3 Å². The third-order valence-electron chi connectivity index (χ3n) is 8.81. The first-order valence-corrected chi connectivity index (χ1v) is 14.7. The number of carbonyl (C=O) groups is 1. The van der Waals surface area contributed by atoms with Crippen molar-refractivity contribution >= 4 is 16.9 Å². The number of aromatic amines is 1. The van der Waals surface area contributed by atoms with Gasteiger partial charge in [0, 0.05) is 60.1 Å². The molecule has 0 spiro atoms. The number of nitriles is 1. The minimum Gasteiger partial charge on any atom is -0.474 e. The van der Waals surface area contributed by atoms with Crippen LogP contribution < -0.4 is 10.1 Å². The summed E-state index contributed by atoms with van der Waals surface area (Å²) in [4.78, 5) is 30.3. The Hall–Kier alpha value is -4.51. The molecule has 1 aliphatic heterocycles. The number of hydrogen-bond acceptors (Lipinski definition) is 8. The molecule has 2 saturated carbocycles. The smallest absolute Gasteiger partial charge is 0.433 e. The number of carbonyl (C=O) groups excluding carboxylic acids is 1. The van der Waals surface area contributed by atoms with Crippen LogP contribution in [0.4, 0.5) is 13.2 Å². The summed E-state index contributed by atoms with van der Waals surface area (Å²) in [6.45, 7) is 1.33. The number of aromatic nitrogens is 6. The Labute approximate surface area is 250 Å². The number of nitrogens with zero attached hydrogens (tertiary/aromatic N) is 7. The molecule has 1 saturated heterocycles. The maximum absolute atomic E-state index is 13.5. The number of rotatable bonds is 8. The molecule has 3 aliphatic rings. The maximum atomic E-state index is 13.5. The molecule has 2 aliphatic carbocycles. The Kier molecular flexibility index (Phi) is 7.00. The standard InChI is InChI=1S/C30H30F3N9O2/c31-30(32,33)24-11-18(28(43)39-20-1-2-20)12-25(40-24)44-22-5-3-21(4-6-22)41-15-29(16-41,8-9-34)42-14-19(13-38-42)26-23-7-10-35-27(23)37-17-36-26/h7,10-14,17,20-22H,1-6,8,15-16H2,(H,39,43)(H,35,36,37). The number of alkyl halides is 3. The average Bonchev–Trinajstić information content (AvgIpc) is 3.44. The average molecular weight is 606 g/mol. The first kappa shape index (κ1) is 28.3. The lowest BCUT2D eigenvalue weighted by molar-refractivity contribution is -0.141. The van der Waals surface area contributed by atoms with Gasteiger partial charge in [-0.05, 0) is 50.7 Å². The summed E-state index contributed by atoms with van der Waals surface area (Å²) in [7, 11) is 0. The summed E-state index contributed by atoms with van der Waals surface area (Å²) in [5.74, 6) is -0.733. The van der Waals surface area contributed by atoms with Gasteiger partial charge < -0.3 is 15.0 Å². The molecule has 11 nitrogen and oxygen atoms in total. The molecule has 4 aromatic rings. The molecule has 3 fully saturated rings. The highest BCUT2D eigenvalue weighted by atomic mass is 19.4. The molecule has 0 bridgehead atoms. The van der Waals surface area contributed by atoms with E-state index in [2.05, 4.69) is 41.3 Å². The van der Waals surface area contributed by atoms with Crippen LogP contribution in [-0.2, 0) is 11.7 Å². The number of likely N-dealkylation sites (tertiary alicyclic amines) is 1. The van der Waals surface area contributed by atoms with E-state index >= 15 is 0 Å². The summed E-state index contributed by atoms with van der Waals surface area (Å²) in [5, 5.41) is 17.9. The van der Waals surface area contributed by atoms with Crippen molar-refractivity contribution in [3.05, 3.63) is 54.4 Å². The number of nitrogens with one attached hydrogen (secondary N) is 2. The minimum absolute atomic E-state index is 0.0161. The Bertz CT molecular complexity index is 1730. The van der Waals surface area contributed by atoms with E-state index in [9.17, 15) is 23.2 Å². The normalized spacial score (nSPS) is 21.9. The molecule has 4 aromatic heterocycles. The van der Waals surface area contributed by atoms with Crippen LogP contribution in [0.5, 0.6) is 5.88 Å². The van der Waals surface area contributed by atoms with Crippen LogP contribution in [0.1, 0.15) is 61.0 Å². The lowest BCUT2D eigenvalue weighted by atomic mass is 9.82. The topological polar surface area (TPSA) is 138 Å². The number of halogens is 3. The molecule has 1 amide bonds. The monoisotopic (exact) mass is 605 g/mol. The zero-order chi connectivity index (χ0) is 30.5. The van der Waals surface area contributed by atoms with E-state index in [0.29, 0.717) is 32.4 Å². The van der Waals surface area contributed by atoms with Gasteiger partial charge in [0.25, 0.3) is 5.91 Å². The fourth-order valence-electron chi connectivity index (χ4n) is 6.30. The highest BCUT2D eigenvalue weighted by Gasteiger charge is 2.48. The number of H-pyrrole nitrogens is 1. The minimum atomic E-state index is -4.70. The molecule has 0 unspecified atom stereocenters. The van der Waals surface area contributed by atoms with Crippen LogP contribution in [0.3, 0.4) is 0 Å². The Morgan fingerprint density at radius 3 is 2.68 bits per heavy atom. The van der Waals surface area contributed by atoms with Crippen molar-refractivity contribution in [3.63, 3.8) is 0 Å². The lowest BCUT2D eigenvalue weighted by Crippen LogP contribution is -2.65. The van der Waals surface area contributed by atoms with Gasteiger partial charge in [0.15, 0.2) is 0 Å². The van der Waals surface area contributed by atoms with Crippen molar-refractivity contribution in [3.8, 4) is 23.2 Å². The van der Waals surface area contributed by atoms with Gasteiger partial charge in [-0.1, -0.05) is 0 Å². The predicted octanol–water partition coefficient (Wildman–Crippen LogP) is 4.44. The molecule has 0 aromatic carbocycles. The molecule has 5 heterocycles. The first-order chi connectivity index (χ1) is 21.2. The van der Waals surface area contributed by atoms with Crippen molar-refractivity contribution in [2.75, 3.05) is 13.1 Å². The zero-order valence-corrected chi connectivity index (χ0v) is 23.7. The van der Waals surface area contributed by atoms with Gasteiger partial charge in [-0.25, -0.2) is 15.0 Å². The summed E-state index contributed by atoms with van der Waals surface area (Å²) in [6, 6.07) is 6.60. The lowest BCUT2D eigenvalue weighted by Gasteiger charge is -2.53. The van der Waals surface area contributed by atoms with E-state index < -0.39 is 23.3 Å². The van der Waals surface area contributed by atoms with E-state index in [4.69, 9.17) is 4.74 Å². The largest absolute Gasteiger partial charge is 0.474 e. The van der Waals surface area contributed by atoms with Gasteiger partial charge in [-0.2, -0.15) is 23.5 Å². The van der Waals surface area contributed by atoms with Crippen LogP contribution >= 0.6 is 0 Å². The second-order valence-electron chi connectivity index (χ2n) is 12.0. The van der Waals surface area contributed by atoms with Gasteiger partial charge in [-0.15, -0.1) is 0 Å². The first-order valence-electron chi connectivity index (χ1n) is 14.7. The number of hydrogen-bond donors (Lipinski definition) is 2. The van der Waals surface area contributed by atoms with Crippen molar-refractivity contribution < 1.29 is 22.7 Å². The van der Waals surface area contributed by atoms with Gasteiger partial charge in [-0.3, -0.25) is 14.4 Å². The zero-order valence-electron chi connectivity index (χ0n) is 23.7. The summed E-state index contributed by atoms with van der Waals surface area (Å²) >= 11 is 0. The molecule has 7 rings (SSSR count). The van der Waals surface area contributed by atoms with E-state index in [-0.39, 0.29) is 29.6 Å². The number of fused-ring (bicyclic) bond motifs is 1. The molecule has 228 valence electrons. The van der Waals surface area contributed by atoms with Crippen molar-refractivity contribution in [1.29, 1.82) is 5.26 Å². The van der Waals surface area contributed by atoms with Crippen LogP contribution in [0.15, 0.2) is 43.1 Å². The summed E-state index contributed by atoms with van der Waals surface area (Å²) in [6.07, 6.45) is 6.85. The molecule has 0 radical (unpaired) electrons. The molecule has 2 N–H and O–H groups in total. The van der Waals surface area contributed by atoms with Crippen molar-refractivity contribution in [2.45, 2.75) is 74.8 Å². The van der Waals surface area contributed by atoms with Crippen molar-refractivity contribution in [2.24, 2.45) is 0 Å². The molecule has 0 atom stereocenters. The Balaban J connectivity index is 0.991. The number of ether oxygens (including phenoxy) is 1.